The minimum atomic E-state index is 0.439. The van der Waals surface area contributed by atoms with E-state index in [1.165, 1.54) is 19.5 Å². The first-order valence-corrected chi connectivity index (χ1v) is 6.11. The zero-order valence-electron chi connectivity index (χ0n) is 10.7. The second kappa shape index (κ2) is 5.55. The molecule has 1 aliphatic rings. The quantitative estimate of drug-likeness (QED) is 0.494. The number of hydrogen-bond donors (Lipinski definition) is 0. The molecule has 15 heavy (non-hydrogen) atoms. The lowest BCUT2D eigenvalue weighted by molar-refractivity contribution is 0.0101. The zero-order valence-corrected chi connectivity index (χ0v) is 10.7. The van der Waals surface area contributed by atoms with Gasteiger partial charge in [-0.25, -0.2) is 0 Å². The fourth-order valence-electron chi connectivity index (χ4n) is 1.97. The monoisotopic (exact) mass is 211 g/mol. The van der Waals surface area contributed by atoms with Crippen LogP contribution in [0.25, 0.3) is 0 Å². The van der Waals surface area contributed by atoms with E-state index in [1.54, 1.807) is 0 Å². The first-order valence-electron chi connectivity index (χ1n) is 6.11. The molecule has 0 aliphatic carbocycles. The van der Waals surface area contributed by atoms with Gasteiger partial charge in [0, 0.05) is 18.6 Å². The van der Waals surface area contributed by atoms with Gasteiger partial charge in [-0.05, 0) is 46.1 Å². The molecule has 1 aliphatic heterocycles. The molecule has 2 heteroatoms. The van der Waals surface area contributed by atoms with E-state index in [9.17, 15) is 0 Å². The van der Waals surface area contributed by atoms with Gasteiger partial charge in [-0.3, -0.25) is 4.90 Å². The van der Waals surface area contributed by atoms with Crippen LogP contribution in [0.15, 0.2) is 11.8 Å². The second-order valence-electron chi connectivity index (χ2n) is 4.97. The summed E-state index contributed by atoms with van der Waals surface area (Å²) in [7, 11) is 0. The van der Waals surface area contributed by atoms with Gasteiger partial charge in [0.2, 0.25) is 0 Å². The van der Waals surface area contributed by atoms with E-state index < -0.39 is 0 Å². The van der Waals surface area contributed by atoms with Gasteiger partial charge in [-0.2, -0.15) is 0 Å². The summed E-state index contributed by atoms with van der Waals surface area (Å²) in [6, 6.07) is 0. The van der Waals surface area contributed by atoms with Gasteiger partial charge < -0.3 is 4.74 Å². The van der Waals surface area contributed by atoms with Crippen molar-refractivity contribution in [3.05, 3.63) is 11.8 Å². The van der Waals surface area contributed by atoms with Crippen LogP contribution in [0, 0.1) is 0 Å². The smallest absolute Gasteiger partial charge is 0.0889 e. The number of likely N-dealkylation sites (tertiary alicyclic amines) is 1. The summed E-state index contributed by atoms with van der Waals surface area (Å²) in [5.41, 5.74) is 0.439. The normalized spacial score (nSPS) is 21.2. The lowest BCUT2D eigenvalue weighted by atomic mass is 9.89. The summed E-state index contributed by atoms with van der Waals surface area (Å²) < 4.78 is 5.60. The van der Waals surface area contributed by atoms with Crippen LogP contribution in [0.3, 0.4) is 0 Å². The van der Waals surface area contributed by atoms with Crippen LogP contribution in [0.4, 0.5) is 0 Å². The Morgan fingerprint density at radius 3 is 2.67 bits per heavy atom. The Morgan fingerprint density at radius 1 is 1.47 bits per heavy atom. The summed E-state index contributed by atoms with van der Waals surface area (Å²) >= 11 is 0. The van der Waals surface area contributed by atoms with E-state index in [0.717, 1.165) is 25.2 Å². The summed E-state index contributed by atoms with van der Waals surface area (Å²) in [6.45, 7) is 12.1. The van der Waals surface area contributed by atoms with Crippen LogP contribution < -0.4 is 0 Å². The molecule has 0 aromatic carbocycles. The maximum Gasteiger partial charge on any atom is 0.0889 e. The molecule has 0 bridgehead atoms. The molecule has 2 nitrogen and oxygen atoms in total. The molecule has 0 aromatic heterocycles. The Bertz CT molecular complexity index is 221. The van der Waals surface area contributed by atoms with Crippen LogP contribution >= 0.6 is 0 Å². The van der Waals surface area contributed by atoms with Crippen molar-refractivity contribution in [2.24, 2.45) is 0 Å². The first kappa shape index (κ1) is 12.6. The van der Waals surface area contributed by atoms with E-state index in [-0.39, 0.29) is 0 Å². The van der Waals surface area contributed by atoms with Crippen molar-refractivity contribution in [1.29, 1.82) is 0 Å². The van der Waals surface area contributed by atoms with Crippen molar-refractivity contribution >= 4 is 0 Å². The molecule has 0 saturated carbocycles. The van der Waals surface area contributed by atoms with Gasteiger partial charge >= 0.3 is 0 Å². The third-order valence-electron chi connectivity index (χ3n) is 3.24. The molecule has 1 heterocycles. The molecule has 1 saturated heterocycles. The molecular formula is C13H25NO. The molecule has 0 spiro atoms. The molecule has 0 unspecified atom stereocenters. The molecular weight excluding hydrogens is 186 g/mol. The third kappa shape index (κ3) is 3.86. The highest BCUT2D eigenvalue weighted by Crippen LogP contribution is 2.28. The molecule has 1 rings (SSSR count). The minimum absolute atomic E-state index is 0.439. The topological polar surface area (TPSA) is 12.5 Å². The Balaban J connectivity index is 2.05. The fraction of sp³-hybridized carbons (Fsp3) is 0.846. The van der Waals surface area contributed by atoms with Crippen molar-refractivity contribution in [1.82, 2.24) is 4.90 Å². The predicted molar refractivity (Wildman–Crippen MR) is 64.9 cm³/mol. The lowest BCUT2D eigenvalue weighted by Gasteiger charge is -2.48. The molecule has 0 N–H and O–H groups in total. The summed E-state index contributed by atoms with van der Waals surface area (Å²) in [5, 5.41) is 0. The van der Waals surface area contributed by atoms with Gasteiger partial charge in [0.15, 0.2) is 0 Å². The Kier molecular flexibility index (Phi) is 4.65. The third-order valence-corrected chi connectivity index (χ3v) is 3.24. The fourth-order valence-corrected chi connectivity index (χ4v) is 1.97. The molecule has 0 radical (unpaired) electrons. The molecule has 88 valence electrons. The van der Waals surface area contributed by atoms with Crippen molar-refractivity contribution in [3.63, 3.8) is 0 Å². The lowest BCUT2D eigenvalue weighted by Crippen LogP contribution is -2.55. The van der Waals surface area contributed by atoms with E-state index in [0.29, 0.717) is 5.54 Å². The van der Waals surface area contributed by atoms with Crippen molar-refractivity contribution in [2.45, 2.75) is 52.5 Å². The van der Waals surface area contributed by atoms with E-state index in [1.807, 2.05) is 6.92 Å². The van der Waals surface area contributed by atoms with Gasteiger partial charge in [0.05, 0.1) is 12.4 Å². The maximum atomic E-state index is 5.60. The van der Waals surface area contributed by atoms with Gasteiger partial charge in [-0.15, -0.1) is 0 Å². The van der Waals surface area contributed by atoms with Gasteiger partial charge in [0.1, 0.15) is 0 Å². The number of allylic oxidation sites excluding steroid dienone is 2. The molecule has 1 fully saturated rings. The van der Waals surface area contributed by atoms with E-state index >= 15 is 0 Å². The maximum absolute atomic E-state index is 5.60. The van der Waals surface area contributed by atoms with Crippen LogP contribution in [-0.2, 0) is 4.74 Å². The Labute approximate surface area is 94.3 Å². The van der Waals surface area contributed by atoms with Crippen molar-refractivity contribution < 1.29 is 4.74 Å². The van der Waals surface area contributed by atoms with Crippen molar-refractivity contribution in [3.8, 4) is 0 Å². The van der Waals surface area contributed by atoms with Crippen molar-refractivity contribution in [2.75, 3.05) is 19.7 Å². The Morgan fingerprint density at radius 2 is 2.20 bits per heavy atom. The second-order valence-corrected chi connectivity index (χ2v) is 4.97. The van der Waals surface area contributed by atoms with E-state index in [2.05, 4.69) is 31.7 Å². The number of ether oxygens (including phenoxy) is 1. The summed E-state index contributed by atoms with van der Waals surface area (Å²) in [4.78, 5) is 2.54. The molecule has 0 aromatic rings. The average molecular weight is 211 g/mol. The van der Waals surface area contributed by atoms with Crippen LogP contribution in [-0.4, -0.2) is 30.1 Å². The SMILES string of the molecule is CC/C=C(\C)OCCCN1CCC1(C)C. The van der Waals surface area contributed by atoms with Crippen LogP contribution in [0.1, 0.15) is 47.0 Å². The number of nitrogens with zero attached hydrogens (tertiary/aromatic N) is 1. The summed E-state index contributed by atoms with van der Waals surface area (Å²) in [5.74, 6) is 1.07. The Hall–Kier alpha value is -0.500. The minimum Gasteiger partial charge on any atom is -0.499 e. The highest BCUT2D eigenvalue weighted by Gasteiger charge is 2.34. The number of rotatable bonds is 6. The largest absolute Gasteiger partial charge is 0.499 e. The summed E-state index contributed by atoms with van der Waals surface area (Å²) in [6.07, 6.45) is 5.67. The zero-order chi connectivity index (χ0) is 11.3. The molecule has 0 atom stereocenters. The highest BCUT2D eigenvalue weighted by atomic mass is 16.5. The predicted octanol–water partition coefficient (Wildman–Crippen LogP) is 3.19. The highest BCUT2D eigenvalue weighted by molar-refractivity contribution is 4.91. The van der Waals surface area contributed by atoms with Gasteiger partial charge in [0.25, 0.3) is 0 Å². The average Bonchev–Trinajstić information content (AvgIpc) is 2.16. The first-order chi connectivity index (χ1) is 7.06. The standard InChI is InChI=1S/C13H25NO/c1-5-7-12(2)15-11-6-9-14-10-8-13(14,3)4/h7H,5-6,8-11H2,1-4H3/b12-7+. The number of hydrogen-bond acceptors (Lipinski definition) is 2. The van der Waals surface area contributed by atoms with Crippen LogP contribution in [0.5, 0.6) is 0 Å². The van der Waals surface area contributed by atoms with E-state index in [4.69, 9.17) is 4.74 Å². The van der Waals surface area contributed by atoms with Gasteiger partial charge in [-0.1, -0.05) is 6.92 Å². The van der Waals surface area contributed by atoms with Crippen LogP contribution in [0.2, 0.25) is 0 Å². The molecule has 0 amide bonds.